The van der Waals surface area contributed by atoms with Crippen LogP contribution in [-0.4, -0.2) is 11.6 Å². The van der Waals surface area contributed by atoms with Crippen molar-refractivity contribution in [2.24, 2.45) is 0 Å². The summed E-state index contributed by atoms with van der Waals surface area (Å²) in [6.07, 6.45) is 2.77. The van der Waals surface area contributed by atoms with Gasteiger partial charge in [-0.05, 0) is 35.9 Å². The molecule has 2 aromatic carbocycles. The highest BCUT2D eigenvalue weighted by molar-refractivity contribution is 5.37. The molecule has 1 unspecified atom stereocenters. The van der Waals surface area contributed by atoms with Gasteiger partial charge in [0.25, 0.3) is 0 Å². The summed E-state index contributed by atoms with van der Waals surface area (Å²) in [7, 11) is 0. The SMILES string of the molecule is c1ccc(COc2ccc(CNC3CCOc4ccccc43)cc2)nc1. The zero-order chi connectivity index (χ0) is 17.6. The van der Waals surface area contributed by atoms with Crippen LogP contribution in [0.3, 0.4) is 0 Å². The largest absolute Gasteiger partial charge is 0.493 e. The van der Waals surface area contributed by atoms with E-state index in [1.54, 1.807) is 6.20 Å². The van der Waals surface area contributed by atoms with Crippen molar-refractivity contribution >= 4 is 0 Å². The maximum absolute atomic E-state index is 5.79. The summed E-state index contributed by atoms with van der Waals surface area (Å²) in [6.45, 7) is 2.06. The molecule has 1 atom stereocenters. The van der Waals surface area contributed by atoms with Crippen molar-refractivity contribution in [2.75, 3.05) is 6.61 Å². The topological polar surface area (TPSA) is 43.4 Å². The number of benzene rings is 2. The average molecular weight is 346 g/mol. The number of pyridine rings is 1. The molecule has 1 aliphatic rings. The van der Waals surface area contributed by atoms with Crippen molar-refractivity contribution < 1.29 is 9.47 Å². The van der Waals surface area contributed by atoms with E-state index in [4.69, 9.17) is 9.47 Å². The molecule has 0 radical (unpaired) electrons. The smallest absolute Gasteiger partial charge is 0.130 e. The van der Waals surface area contributed by atoms with Gasteiger partial charge in [0.05, 0.1) is 12.3 Å². The third kappa shape index (κ3) is 4.03. The predicted octanol–water partition coefficient (Wildman–Crippen LogP) is 4.27. The van der Waals surface area contributed by atoms with Crippen molar-refractivity contribution in [3.05, 3.63) is 89.7 Å². The van der Waals surface area contributed by atoms with Gasteiger partial charge >= 0.3 is 0 Å². The molecule has 0 bridgehead atoms. The molecule has 1 aromatic heterocycles. The molecule has 132 valence electrons. The highest BCUT2D eigenvalue weighted by Crippen LogP contribution is 2.31. The van der Waals surface area contributed by atoms with E-state index in [0.29, 0.717) is 12.6 Å². The van der Waals surface area contributed by atoms with Crippen LogP contribution >= 0.6 is 0 Å². The number of fused-ring (bicyclic) bond motifs is 1. The van der Waals surface area contributed by atoms with E-state index in [9.17, 15) is 0 Å². The van der Waals surface area contributed by atoms with Crippen LogP contribution in [0.1, 0.15) is 29.3 Å². The molecule has 4 rings (SSSR count). The summed E-state index contributed by atoms with van der Waals surface area (Å²) < 4.78 is 11.5. The number of para-hydroxylation sites is 1. The Balaban J connectivity index is 1.32. The van der Waals surface area contributed by atoms with E-state index in [2.05, 4.69) is 34.6 Å². The first-order valence-corrected chi connectivity index (χ1v) is 8.95. The number of hydrogen-bond donors (Lipinski definition) is 1. The number of aromatic nitrogens is 1. The lowest BCUT2D eigenvalue weighted by Gasteiger charge is -2.26. The molecule has 0 saturated carbocycles. The molecular formula is C22H22N2O2. The monoisotopic (exact) mass is 346 g/mol. The maximum Gasteiger partial charge on any atom is 0.130 e. The minimum atomic E-state index is 0.333. The van der Waals surface area contributed by atoms with Gasteiger partial charge in [0.1, 0.15) is 18.1 Å². The van der Waals surface area contributed by atoms with Crippen molar-refractivity contribution in [1.29, 1.82) is 0 Å². The molecule has 0 amide bonds. The van der Waals surface area contributed by atoms with Crippen LogP contribution in [0.5, 0.6) is 11.5 Å². The van der Waals surface area contributed by atoms with Gasteiger partial charge in [-0.15, -0.1) is 0 Å². The zero-order valence-corrected chi connectivity index (χ0v) is 14.6. The fourth-order valence-corrected chi connectivity index (χ4v) is 3.14. The molecule has 3 aromatic rings. The molecule has 26 heavy (non-hydrogen) atoms. The molecule has 0 aliphatic carbocycles. The quantitative estimate of drug-likeness (QED) is 0.724. The van der Waals surface area contributed by atoms with Gasteiger partial charge < -0.3 is 14.8 Å². The molecule has 1 N–H and O–H groups in total. The van der Waals surface area contributed by atoms with Crippen LogP contribution in [0.15, 0.2) is 72.9 Å². The first-order valence-electron chi connectivity index (χ1n) is 8.95. The molecule has 4 heteroatoms. The van der Waals surface area contributed by atoms with Crippen LogP contribution in [0.4, 0.5) is 0 Å². The number of nitrogens with zero attached hydrogens (tertiary/aromatic N) is 1. The van der Waals surface area contributed by atoms with Crippen molar-refractivity contribution in [3.8, 4) is 11.5 Å². The molecule has 1 aliphatic heterocycles. The Bertz CT molecular complexity index is 834. The number of nitrogens with one attached hydrogen (secondary N) is 1. The molecule has 0 saturated heterocycles. The van der Waals surface area contributed by atoms with E-state index in [1.807, 2.05) is 42.5 Å². The Labute approximate surface area is 153 Å². The molecule has 0 fully saturated rings. The van der Waals surface area contributed by atoms with Crippen LogP contribution in [0.2, 0.25) is 0 Å². The first kappa shape index (κ1) is 16.6. The molecular weight excluding hydrogens is 324 g/mol. The lowest BCUT2D eigenvalue weighted by molar-refractivity contribution is 0.252. The highest BCUT2D eigenvalue weighted by atomic mass is 16.5. The molecule has 4 nitrogen and oxygen atoms in total. The minimum absolute atomic E-state index is 0.333. The highest BCUT2D eigenvalue weighted by Gasteiger charge is 2.20. The fraction of sp³-hybridized carbons (Fsp3) is 0.227. The van der Waals surface area contributed by atoms with Crippen molar-refractivity contribution in [3.63, 3.8) is 0 Å². The van der Waals surface area contributed by atoms with Gasteiger partial charge in [0.2, 0.25) is 0 Å². The second-order valence-electron chi connectivity index (χ2n) is 6.36. The number of rotatable bonds is 6. The lowest BCUT2D eigenvalue weighted by atomic mass is 10.0. The van der Waals surface area contributed by atoms with Gasteiger partial charge in [-0.25, -0.2) is 0 Å². The Morgan fingerprint density at radius 1 is 1.00 bits per heavy atom. The standard InChI is InChI=1S/C22H22N2O2/c1-2-7-22-20(6-1)21(12-14-25-22)24-15-17-8-10-19(11-9-17)26-16-18-5-3-4-13-23-18/h1-11,13,21,24H,12,14-16H2. The van der Waals surface area contributed by atoms with E-state index < -0.39 is 0 Å². The first-order chi connectivity index (χ1) is 12.9. The minimum Gasteiger partial charge on any atom is -0.493 e. The Kier molecular flexibility index (Phi) is 5.12. The van der Waals surface area contributed by atoms with E-state index in [0.717, 1.165) is 36.8 Å². The molecule has 2 heterocycles. The third-order valence-corrected chi connectivity index (χ3v) is 4.55. The third-order valence-electron chi connectivity index (χ3n) is 4.55. The maximum atomic E-state index is 5.79. The second kappa shape index (κ2) is 8.02. The summed E-state index contributed by atoms with van der Waals surface area (Å²) >= 11 is 0. The van der Waals surface area contributed by atoms with Gasteiger partial charge in [-0.1, -0.05) is 36.4 Å². The number of ether oxygens (including phenoxy) is 2. The number of hydrogen-bond acceptors (Lipinski definition) is 4. The Morgan fingerprint density at radius 2 is 1.85 bits per heavy atom. The summed E-state index contributed by atoms with van der Waals surface area (Å²) in [5.41, 5.74) is 3.41. The second-order valence-corrected chi connectivity index (χ2v) is 6.36. The van der Waals surface area contributed by atoms with Gasteiger partial charge in [-0.2, -0.15) is 0 Å². The van der Waals surface area contributed by atoms with Crippen LogP contribution in [0.25, 0.3) is 0 Å². The summed E-state index contributed by atoms with van der Waals surface area (Å²) in [6, 6.07) is 22.7. The van der Waals surface area contributed by atoms with E-state index in [-0.39, 0.29) is 0 Å². The normalized spacial score (nSPS) is 15.8. The van der Waals surface area contributed by atoms with Crippen LogP contribution < -0.4 is 14.8 Å². The predicted molar refractivity (Wildman–Crippen MR) is 101 cm³/mol. The van der Waals surface area contributed by atoms with E-state index >= 15 is 0 Å². The van der Waals surface area contributed by atoms with E-state index in [1.165, 1.54) is 11.1 Å². The van der Waals surface area contributed by atoms with Gasteiger partial charge in [0, 0.05) is 30.8 Å². The fourth-order valence-electron chi connectivity index (χ4n) is 3.14. The summed E-state index contributed by atoms with van der Waals surface area (Å²) in [4.78, 5) is 4.27. The zero-order valence-electron chi connectivity index (χ0n) is 14.6. The van der Waals surface area contributed by atoms with Crippen LogP contribution in [0, 0.1) is 0 Å². The van der Waals surface area contributed by atoms with Crippen molar-refractivity contribution in [1.82, 2.24) is 10.3 Å². The Morgan fingerprint density at radius 3 is 2.69 bits per heavy atom. The Hall–Kier alpha value is -2.85. The van der Waals surface area contributed by atoms with Gasteiger partial charge in [0.15, 0.2) is 0 Å². The van der Waals surface area contributed by atoms with Gasteiger partial charge in [-0.3, -0.25) is 4.98 Å². The summed E-state index contributed by atoms with van der Waals surface area (Å²) in [5.74, 6) is 1.85. The molecule has 0 spiro atoms. The average Bonchev–Trinajstić information content (AvgIpc) is 2.72. The lowest BCUT2D eigenvalue weighted by Crippen LogP contribution is -2.26. The summed E-state index contributed by atoms with van der Waals surface area (Å²) in [5, 5.41) is 3.64. The van der Waals surface area contributed by atoms with Crippen molar-refractivity contribution in [2.45, 2.75) is 25.6 Å². The van der Waals surface area contributed by atoms with Crippen LogP contribution in [-0.2, 0) is 13.2 Å².